The summed E-state index contributed by atoms with van der Waals surface area (Å²) in [4.78, 5) is 16.5. The Morgan fingerprint density at radius 1 is 1.04 bits per heavy atom. The van der Waals surface area contributed by atoms with Gasteiger partial charge >= 0.3 is 0 Å². The summed E-state index contributed by atoms with van der Waals surface area (Å²) in [7, 11) is 4.55. The van der Waals surface area contributed by atoms with Gasteiger partial charge in [-0.05, 0) is 24.3 Å². The fraction of sp³-hybridized carbons (Fsp3) is 0.333. The highest BCUT2D eigenvalue weighted by molar-refractivity contribution is 5.95. The van der Waals surface area contributed by atoms with Crippen LogP contribution in [0.5, 0.6) is 17.2 Å². The smallest absolute Gasteiger partial charge is 0.251 e. The van der Waals surface area contributed by atoms with Crippen LogP contribution in [0.1, 0.15) is 16.1 Å². The van der Waals surface area contributed by atoms with Crippen molar-refractivity contribution in [3.05, 3.63) is 47.8 Å². The molecule has 2 N–H and O–H groups in total. The summed E-state index contributed by atoms with van der Waals surface area (Å²) in [6, 6.07) is 9.01. The summed E-state index contributed by atoms with van der Waals surface area (Å²) >= 11 is 0. The topological polar surface area (TPSA) is 81.7 Å². The van der Waals surface area contributed by atoms with Crippen LogP contribution in [-0.2, 0) is 6.54 Å². The Kier molecular flexibility index (Phi) is 7.03. The zero-order chi connectivity index (χ0) is 18.1. The molecule has 0 saturated carbocycles. The molecule has 25 heavy (non-hydrogen) atoms. The predicted molar refractivity (Wildman–Crippen MR) is 94.4 cm³/mol. The fourth-order valence-electron chi connectivity index (χ4n) is 2.30. The maximum Gasteiger partial charge on any atom is 0.251 e. The molecule has 1 aromatic carbocycles. The van der Waals surface area contributed by atoms with Crippen molar-refractivity contribution in [2.75, 3.05) is 34.4 Å². The summed E-state index contributed by atoms with van der Waals surface area (Å²) in [6.45, 7) is 1.77. The van der Waals surface area contributed by atoms with Gasteiger partial charge in [0, 0.05) is 31.4 Å². The molecule has 0 bridgehead atoms. The lowest BCUT2D eigenvalue weighted by molar-refractivity contribution is 0.0953. The van der Waals surface area contributed by atoms with Crippen LogP contribution in [0.3, 0.4) is 0 Å². The van der Waals surface area contributed by atoms with E-state index in [2.05, 4.69) is 15.6 Å². The molecule has 2 rings (SSSR count). The molecule has 7 nitrogen and oxygen atoms in total. The minimum atomic E-state index is -0.209. The van der Waals surface area contributed by atoms with Crippen molar-refractivity contribution in [3.8, 4) is 17.2 Å². The highest BCUT2D eigenvalue weighted by atomic mass is 16.5. The number of methoxy groups -OCH3 is 3. The maximum absolute atomic E-state index is 12.3. The first-order valence-electron chi connectivity index (χ1n) is 7.88. The van der Waals surface area contributed by atoms with E-state index >= 15 is 0 Å². The Bertz CT molecular complexity index is 667. The molecule has 0 radical (unpaired) electrons. The Morgan fingerprint density at radius 3 is 2.32 bits per heavy atom. The van der Waals surface area contributed by atoms with E-state index in [1.807, 2.05) is 18.2 Å². The van der Waals surface area contributed by atoms with Gasteiger partial charge in [-0.15, -0.1) is 0 Å². The fourth-order valence-corrected chi connectivity index (χ4v) is 2.30. The van der Waals surface area contributed by atoms with E-state index in [-0.39, 0.29) is 5.91 Å². The molecule has 0 fully saturated rings. The quantitative estimate of drug-likeness (QED) is 0.672. The van der Waals surface area contributed by atoms with E-state index in [4.69, 9.17) is 14.2 Å². The SMILES string of the molecule is COc1cc(C(=O)NCCNCc2ccccn2)cc(OC)c1OC. The molecule has 0 saturated heterocycles. The number of ether oxygens (including phenoxy) is 3. The standard InChI is InChI=1S/C18H23N3O4/c1-23-15-10-13(11-16(24-2)17(15)25-3)18(22)21-9-8-19-12-14-6-4-5-7-20-14/h4-7,10-11,19H,8-9,12H2,1-3H3,(H,21,22). The Hall–Kier alpha value is -2.80. The summed E-state index contributed by atoms with van der Waals surface area (Å²) in [6.07, 6.45) is 1.75. The number of nitrogens with one attached hydrogen (secondary N) is 2. The number of hydrogen-bond donors (Lipinski definition) is 2. The normalized spacial score (nSPS) is 10.2. The summed E-state index contributed by atoms with van der Waals surface area (Å²) in [5.41, 5.74) is 1.40. The zero-order valence-corrected chi connectivity index (χ0v) is 14.7. The number of nitrogens with zero attached hydrogens (tertiary/aromatic N) is 1. The molecule has 0 atom stereocenters. The minimum Gasteiger partial charge on any atom is -0.493 e. The van der Waals surface area contributed by atoms with Gasteiger partial charge in [0.15, 0.2) is 11.5 Å². The van der Waals surface area contributed by atoms with Crippen molar-refractivity contribution in [1.29, 1.82) is 0 Å². The molecule has 0 aliphatic carbocycles. The monoisotopic (exact) mass is 345 g/mol. The molecular weight excluding hydrogens is 322 g/mol. The molecule has 1 aromatic heterocycles. The molecule has 1 heterocycles. The number of hydrogen-bond acceptors (Lipinski definition) is 6. The van der Waals surface area contributed by atoms with Gasteiger partial charge < -0.3 is 24.8 Å². The highest BCUT2D eigenvalue weighted by Gasteiger charge is 2.16. The van der Waals surface area contributed by atoms with Crippen LogP contribution in [0.25, 0.3) is 0 Å². The van der Waals surface area contributed by atoms with Gasteiger partial charge in [-0.2, -0.15) is 0 Å². The summed E-state index contributed by atoms with van der Waals surface area (Å²) in [5.74, 6) is 1.14. The molecule has 0 aliphatic rings. The largest absolute Gasteiger partial charge is 0.493 e. The molecular formula is C18H23N3O4. The van der Waals surface area contributed by atoms with Crippen LogP contribution in [0.15, 0.2) is 36.5 Å². The number of carbonyl (C=O) groups excluding carboxylic acids is 1. The van der Waals surface area contributed by atoms with Gasteiger partial charge in [-0.25, -0.2) is 0 Å². The van der Waals surface area contributed by atoms with E-state index in [1.165, 1.54) is 21.3 Å². The lowest BCUT2D eigenvalue weighted by Crippen LogP contribution is -2.31. The van der Waals surface area contributed by atoms with Crippen LogP contribution < -0.4 is 24.8 Å². The van der Waals surface area contributed by atoms with Gasteiger partial charge in [0.25, 0.3) is 5.91 Å². The van der Waals surface area contributed by atoms with E-state index in [0.717, 1.165) is 5.69 Å². The predicted octanol–water partition coefficient (Wildman–Crippen LogP) is 1.63. The zero-order valence-electron chi connectivity index (χ0n) is 14.7. The molecule has 1 amide bonds. The summed E-state index contributed by atoms with van der Waals surface area (Å²) < 4.78 is 15.8. The van der Waals surface area contributed by atoms with Crippen molar-refractivity contribution in [3.63, 3.8) is 0 Å². The van der Waals surface area contributed by atoms with Gasteiger partial charge in [0.1, 0.15) is 0 Å². The number of rotatable bonds is 9. The van der Waals surface area contributed by atoms with E-state index < -0.39 is 0 Å². The second-order valence-corrected chi connectivity index (χ2v) is 5.17. The number of pyridine rings is 1. The number of carbonyl (C=O) groups is 1. The third kappa shape index (κ3) is 5.09. The Labute approximate surface area is 147 Å². The molecule has 0 spiro atoms. The van der Waals surface area contributed by atoms with Gasteiger partial charge in [0.2, 0.25) is 5.75 Å². The lowest BCUT2D eigenvalue weighted by Gasteiger charge is -2.14. The van der Waals surface area contributed by atoms with Gasteiger partial charge in [-0.3, -0.25) is 9.78 Å². The molecule has 2 aromatic rings. The number of aromatic nitrogens is 1. The van der Waals surface area contributed by atoms with Gasteiger partial charge in [-0.1, -0.05) is 6.07 Å². The van der Waals surface area contributed by atoms with Crippen molar-refractivity contribution in [2.45, 2.75) is 6.54 Å². The second-order valence-electron chi connectivity index (χ2n) is 5.17. The van der Waals surface area contributed by atoms with Crippen LogP contribution >= 0.6 is 0 Å². The number of amides is 1. The van der Waals surface area contributed by atoms with Crippen molar-refractivity contribution in [1.82, 2.24) is 15.6 Å². The molecule has 134 valence electrons. The van der Waals surface area contributed by atoms with Crippen molar-refractivity contribution >= 4 is 5.91 Å². The summed E-state index contributed by atoms with van der Waals surface area (Å²) in [5, 5.41) is 6.08. The third-order valence-electron chi connectivity index (χ3n) is 3.55. The van der Waals surface area contributed by atoms with Crippen LogP contribution in [0, 0.1) is 0 Å². The lowest BCUT2D eigenvalue weighted by atomic mass is 10.1. The average Bonchev–Trinajstić information content (AvgIpc) is 2.67. The van der Waals surface area contributed by atoms with Crippen molar-refractivity contribution in [2.24, 2.45) is 0 Å². The second kappa shape index (κ2) is 9.48. The Morgan fingerprint density at radius 2 is 1.76 bits per heavy atom. The van der Waals surface area contributed by atoms with E-state index in [9.17, 15) is 4.79 Å². The van der Waals surface area contributed by atoms with Crippen LogP contribution in [0.4, 0.5) is 0 Å². The average molecular weight is 345 g/mol. The van der Waals surface area contributed by atoms with E-state index in [1.54, 1.807) is 18.3 Å². The number of benzene rings is 1. The highest BCUT2D eigenvalue weighted by Crippen LogP contribution is 2.38. The first-order chi connectivity index (χ1) is 12.2. The van der Waals surface area contributed by atoms with Gasteiger partial charge in [0.05, 0.1) is 27.0 Å². The Balaban J connectivity index is 1.88. The van der Waals surface area contributed by atoms with Crippen LogP contribution in [-0.4, -0.2) is 45.3 Å². The molecule has 0 unspecified atom stereocenters. The van der Waals surface area contributed by atoms with E-state index in [0.29, 0.717) is 42.4 Å². The molecule has 7 heteroatoms. The molecule has 0 aliphatic heterocycles. The third-order valence-corrected chi connectivity index (χ3v) is 3.55. The first kappa shape index (κ1) is 18.5. The maximum atomic E-state index is 12.3. The minimum absolute atomic E-state index is 0.209. The first-order valence-corrected chi connectivity index (χ1v) is 7.88. The van der Waals surface area contributed by atoms with Crippen molar-refractivity contribution < 1.29 is 19.0 Å². The van der Waals surface area contributed by atoms with Crippen LogP contribution in [0.2, 0.25) is 0 Å².